The van der Waals surface area contributed by atoms with Crippen LogP contribution in [0.2, 0.25) is 0 Å². The zero-order valence-electron chi connectivity index (χ0n) is 20.7. The molecule has 0 amide bonds. The molecule has 0 spiro atoms. The van der Waals surface area contributed by atoms with Gasteiger partial charge in [0.15, 0.2) is 0 Å². The van der Waals surface area contributed by atoms with Gasteiger partial charge in [0.2, 0.25) is 0 Å². The second-order valence-corrected chi connectivity index (χ2v) is 10.9. The van der Waals surface area contributed by atoms with Crippen molar-refractivity contribution in [3.63, 3.8) is 0 Å². The molecule has 0 aliphatic carbocycles. The van der Waals surface area contributed by atoms with Gasteiger partial charge in [-0.1, -0.05) is 35.9 Å². The van der Waals surface area contributed by atoms with Crippen LogP contribution >= 0.6 is 0 Å². The van der Waals surface area contributed by atoms with Gasteiger partial charge >= 0.3 is 5.97 Å². The molecular weight excluding hydrogens is 488 g/mol. The van der Waals surface area contributed by atoms with Crippen LogP contribution in [-0.2, 0) is 10.0 Å². The Hall–Kier alpha value is -4.11. The average Bonchev–Trinajstić information content (AvgIpc) is 2.88. The van der Waals surface area contributed by atoms with Gasteiger partial charge in [-0.2, -0.15) is 0 Å². The summed E-state index contributed by atoms with van der Waals surface area (Å²) in [6.07, 6.45) is 0. The van der Waals surface area contributed by atoms with Crippen molar-refractivity contribution in [1.82, 2.24) is 4.98 Å². The number of nitrogens with zero attached hydrogens (tertiary/aromatic N) is 3. The van der Waals surface area contributed by atoms with E-state index in [1.165, 1.54) is 6.07 Å². The summed E-state index contributed by atoms with van der Waals surface area (Å²) in [6.45, 7) is 6.66. The third-order valence-electron chi connectivity index (χ3n) is 6.62. The number of nitrogens with one attached hydrogen (secondary N) is 1. The first-order chi connectivity index (χ1) is 17.7. The van der Waals surface area contributed by atoms with E-state index in [0.29, 0.717) is 35.4 Å². The van der Waals surface area contributed by atoms with Gasteiger partial charge < -0.3 is 14.9 Å². The SMILES string of the molecule is Cc1ccc(S(=O)(=O)Nc2ccc3nc(N4CCN(c5ccccc5)CC4)cc(C(=O)O)c3c2)c(C)c1. The molecule has 2 N–H and O–H groups in total. The number of anilines is 3. The van der Waals surface area contributed by atoms with E-state index >= 15 is 0 Å². The van der Waals surface area contributed by atoms with Gasteiger partial charge in [0.25, 0.3) is 10.0 Å². The third-order valence-corrected chi connectivity index (χ3v) is 8.16. The largest absolute Gasteiger partial charge is 0.478 e. The summed E-state index contributed by atoms with van der Waals surface area (Å²) in [7, 11) is -3.85. The molecule has 1 fully saturated rings. The highest BCUT2D eigenvalue weighted by Crippen LogP contribution is 2.29. The minimum absolute atomic E-state index is 0.0815. The fourth-order valence-corrected chi connectivity index (χ4v) is 6.03. The van der Waals surface area contributed by atoms with Crippen LogP contribution in [0.3, 0.4) is 0 Å². The monoisotopic (exact) mass is 516 g/mol. The molecule has 2 heterocycles. The molecule has 1 aliphatic rings. The van der Waals surface area contributed by atoms with Crippen LogP contribution < -0.4 is 14.5 Å². The Kier molecular flexibility index (Phi) is 6.47. The second kappa shape index (κ2) is 9.74. The van der Waals surface area contributed by atoms with Crippen molar-refractivity contribution in [3.8, 4) is 0 Å². The number of para-hydroxylation sites is 1. The number of benzene rings is 3. The van der Waals surface area contributed by atoms with E-state index in [9.17, 15) is 18.3 Å². The highest BCUT2D eigenvalue weighted by Gasteiger charge is 2.22. The number of aromatic nitrogens is 1. The predicted molar refractivity (Wildman–Crippen MR) is 146 cm³/mol. The van der Waals surface area contributed by atoms with Gasteiger partial charge in [-0.05, 0) is 61.9 Å². The minimum Gasteiger partial charge on any atom is -0.478 e. The smallest absolute Gasteiger partial charge is 0.336 e. The Balaban J connectivity index is 1.42. The normalized spacial score (nSPS) is 14.1. The predicted octanol–water partition coefficient (Wildman–Crippen LogP) is 4.68. The Morgan fingerprint density at radius 2 is 1.59 bits per heavy atom. The third kappa shape index (κ3) is 5.08. The zero-order valence-corrected chi connectivity index (χ0v) is 21.5. The number of piperazine rings is 1. The quantitative estimate of drug-likeness (QED) is 0.384. The summed E-state index contributed by atoms with van der Waals surface area (Å²) < 4.78 is 28.6. The van der Waals surface area contributed by atoms with E-state index in [-0.39, 0.29) is 16.1 Å². The summed E-state index contributed by atoms with van der Waals surface area (Å²) in [5, 5.41) is 10.3. The summed E-state index contributed by atoms with van der Waals surface area (Å²) in [5.41, 5.74) is 3.62. The lowest BCUT2D eigenvalue weighted by Gasteiger charge is -2.37. The molecule has 0 radical (unpaired) electrons. The van der Waals surface area contributed by atoms with E-state index < -0.39 is 16.0 Å². The number of carboxylic acids is 1. The molecule has 0 saturated carbocycles. The van der Waals surface area contributed by atoms with Crippen molar-refractivity contribution in [2.75, 3.05) is 40.7 Å². The van der Waals surface area contributed by atoms with E-state index in [1.54, 1.807) is 37.3 Å². The Morgan fingerprint density at radius 3 is 2.27 bits per heavy atom. The number of aryl methyl sites for hydroxylation is 2. The van der Waals surface area contributed by atoms with Gasteiger partial charge in [0.1, 0.15) is 5.82 Å². The fourth-order valence-electron chi connectivity index (χ4n) is 4.76. The average molecular weight is 517 g/mol. The molecule has 1 aliphatic heterocycles. The van der Waals surface area contributed by atoms with Gasteiger partial charge in [0, 0.05) is 42.9 Å². The van der Waals surface area contributed by atoms with Crippen molar-refractivity contribution in [3.05, 3.63) is 89.5 Å². The van der Waals surface area contributed by atoms with Gasteiger partial charge in [-0.15, -0.1) is 0 Å². The summed E-state index contributed by atoms with van der Waals surface area (Å²) in [4.78, 5) is 21.5. The number of hydrogen-bond acceptors (Lipinski definition) is 6. The molecule has 0 bridgehead atoms. The maximum Gasteiger partial charge on any atom is 0.336 e. The Morgan fingerprint density at radius 1 is 0.892 bits per heavy atom. The number of sulfonamides is 1. The number of rotatable bonds is 6. The Bertz CT molecular complexity index is 1580. The molecule has 9 heteroatoms. The molecule has 0 atom stereocenters. The molecule has 8 nitrogen and oxygen atoms in total. The molecule has 190 valence electrons. The van der Waals surface area contributed by atoms with Gasteiger partial charge in [-0.25, -0.2) is 18.2 Å². The lowest BCUT2D eigenvalue weighted by atomic mass is 10.1. The molecule has 3 aromatic carbocycles. The maximum atomic E-state index is 13.0. The first kappa shape index (κ1) is 24.6. The standard InChI is InChI=1S/C28H28N4O4S/c1-19-8-11-26(20(2)16-19)37(35,36)30-21-9-10-25-23(17-21)24(28(33)34)18-27(29-25)32-14-12-31(13-15-32)22-6-4-3-5-7-22/h3-11,16-18,30H,12-15H2,1-2H3,(H,33,34). The van der Waals surface area contributed by atoms with Crippen LogP contribution in [-0.4, -0.2) is 50.7 Å². The lowest BCUT2D eigenvalue weighted by molar-refractivity contribution is 0.0699. The van der Waals surface area contributed by atoms with E-state index in [4.69, 9.17) is 4.98 Å². The first-order valence-electron chi connectivity index (χ1n) is 12.0. The number of carboxylic acid groups (broad SMARTS) is 1. The van der Waals surface area contributed by atoms with Gasteiger partial charge in [0.05, 0.1) is 16.0 Å². The molecule has 37 heavy (non-hydrogen) atoms. The molecule has 1 aromatic heterocycles. The van der Waals surface area contributed by atoms with Crippen molar-refractivity contribution < 1.29 is 18.3 Å². The van der Waals surface area contributed by atoms with Crippen molar-refractivity contribution in [1.29, 1.82) is 0 Å². The highest BCUT2D eigenvalue weighted by atomic mass is 32.2. The summed E-state index contributed by atoms with van der Waals surface area (Å²) in [5.74, 6) is -0.493. The van der Waals surface area contributed by atoms with E-state index in [0.717, 1.165) is 24.3 Å². The summed E-state index contributed by atoms with van der Waals surface area (Å²) in [6, 6.07) is 21.7. The number of hydrogen-bond donors (Lipinski definition) is 2. The molecular formula is C28H28N4O4S. The zero-order chi connectivity index (χ0) is 26.2. The minimum atomic E-state index is -3.85. The number of aromatic carboxylic acids is 1. The van der Waals surface area contributed by atoms with Crippen molar-refractivity contribution in [2.45, 2.75) is 18.7 Å². The fraction of sp³-hybridized carbons (Fsp3) is 0.214. The number of carbonyl (C=O) groups is 1. The van der Waals surface area contributed by atoms with Crippen LogP contribution in [0.4, 0.5) is 17.2 Å². The molecule has 0 unspecified atom stereocenters. The van der Waals surface area contributed by atoms with Crippen molar-refractivity contribution >= 4 is 44.1 Å². The molecule has 1 saturated heterocycles. The van der Waals surface area contributed by atoms with Crippen molar-refractivity contribution in [2.24, 2.45) is 0 Å². The lowest BCUT2D eigenvalue weighted by Crippen LogP contribution is -2.46. The van der Waals surface area contributed by atoms with Crippen LogP contribution in [0.25, 0.3) is 10.9 Å². The highest BCUT2D eigenvalue weighted by molar-refractivity contribution is 7.92. The Labute approximate surface area is 216 Å². The topological polar surface area (TPSA) is 103 Å². The summed E-state index contributed by atoms with van der Waals surface area (Å²) >= 11 is 0. The van der Waals surface area contributed by atoms with Crippen LogP contribution in [0.5, 0.6) is 0 Å². The second-order valence-electron chi connectivity index (χ2n) is 9.25. The van der Waals surface area contributed by atoms with Gasteiger partial charge in [-0.3, -0.25) is 4.72 Å². The van der Waals surface area contributed by atoms with E-state index in [2.05, 4.69) is 26.7 Å². The van der Waals surface area contributed by atoms with Crippen LogP contribution in [0, 0.1) is 13.8 Å². The van der Waals surface area contributed by atoms with E-state index in [1.807, 2.05) is 31.2 Å². The first-order valence-corrected chi connectivity index (χ1v) is 13.5. The molecule has 4 aromatic rings. The maximum absolute atomic E-state index is 13.0. The number of pyridine rings is 1. The molecule has 5 rings (SSSR count). The van der Waals surface area contributed by atoms with Crippen LogP contribution in [0.1, 0.15) is 21.5 Å². The number of fused-ring (bicyclic) bond motifs is 1. The van der Waals surface area contributed by atoms with Crippen LogP contribution in [0.15, 0.2) is 77.7 Å².